The number of aryl methyl sites for hydroxylation is 3. The minimum Gasteiger partial charge on any atom is -0.366 e. The van der Waals surface area contributed by atoms with E-state index in [1.807, 2.05) is 56.0 Å². The first kappa shape index (κ1) is 22.5. The van der Waals surface area contributed by atoms with E-state index in [-0.39, 0.29) is 5.02 Å². The first-order valence-electron chi connectivity index (χ1n) is 10.4. The van der Waals surface area contributed by atoms with Crippen LogP contribution in [0, 0.1) is 20.8 Å². The molecule has 2 heterocycles. The molecule has 9 heteroatoms. The van der Waals surface area contributed by atoms with E-state index < -0.39 is 15.6 Å². The molecule has 0 spiro atoms. The third kappa shape index (κ3) is 4.05. The molecule has 0 saturated carbocycles. The van der Waals surface area contributed by atoms with Crippen molar-refractivity contribution in [2.24, 2.45) is 0 Å². The van der Waals surface area contributed by atoms with E-state index in [1.165, 1.54) is 8.99 Å². The second-order valence-electron chi connectivity index (χ2n) is 8.02. The second-order valence-corrected chi connectivity index (χ2v) is 10.3. The minimum atomic E-state index is -3.61. The molecule has 0 aliphatic carbocycles. The quantitative estimate of drug-likeness (QED) is 0.582. The zero-order valence-electron chi connectivity index (χ0n) is 18.2. The van der Waals surface area contributed by atoms with Crippen LogP contribution in [-0.2, 0) is 10.0 Å². The summed E-state index contributed by atoms with van der Waals surface area (Å²) in [6.45, 7) is 7.05. The highest BCUT2D eigenvalue weighted by molar-refractivity contribution is 7.89. The summed E-state index contributed by atoms with van der Waals surface area (Å²) in [4.78, 5) is 15.1. The molecule has 0 N–H and O–H groups in total. The van der Waals surface area contributed by atoms with Crippen LogP contribution in [-0.4, -0.2) is 48.7 Å². The Balaban J connectivity index is 1.56. The highest BCUT2D eigenvalue weighted by atomic mass is 35.5. The molecule has 168 valence electrons. The summed E-state index contributed by atoms with van der Waals surface area (Å²) in [7, 11) is -3.61. The van der Waals surface area contributed by atoms with Gasteiger partial charge >= 0.3 is 0 Å². The predicted molar refractivity (Wildman–Crippen MR) is 126 cm³/mol. The van der Waals surface area contributed by atoms with E-state index in [2.05, 4.69) is 5.10 Å². The number of aromatic nitrogens is 2. The van der Waals surface area contributed by atoms with Crippen LogP contribution in [0.5, 0.6) is 0 Å². The Hall–Kier alpha value is -2.68. The molecule has 0 amide bonds. The number of piperazine rings is 1. The maximum atomic E-state index is 13.3. The van der Waals surface area contributed by atoms with Crippen molar-refractivity contribution in [2.75, 3.05) is 31.1 Å². The van der Waals surface area contributed by atoms with Gasteiger partial charge in [-0.2, -0.15) is 14.1 Å². The fourth-order valence-electron chi connectivity index (χ4n) is 4.27. The number of hydrogen-bond donors (Lipinski definition) is 0. The van der Waals surface area contributed by atoms with Crippen molar-refractivity contribution in [1.29, 1.82) is 0 Å². The normalized spacial score (nSPS) is 15.2. The van der Waals surface area contributed by atoms with Crippen LogP contribution in [0.1, 0.15) is 16.7 Å². The van der Waals surface area contributed by atoms with Gasteiger partial charge in [-0.15, -0.1) is 0 Å². The Kier molecular flexibility index (Phi) is 6.11. The first-order valence-corrected chi connectivity index (χ1v) is 12.2. The van der Waals surface area contributed by atoms with Crippen molar-refractivity contribution >= 4 is 27.3 Å². The molecule has 1 aromatic heterocycles. The van der Waals surface area contributed by atoms with Crippen molar-refractivity contribution in [3.8, 4) is 5.69 Å². The molecule has 1 fully saturated rings. The Labute approximate surface area is 192 Å². The third-order valence-electron chi connectivity index (χ3n) is 5.68. The Morgan fingerprint density at radius 2 is 1.53 bits per heavy atom. The van der Waals surface area contributed by atoms with Crippen LogP contribution >= 0.6 is 11.6 Å². The van der Waals surface area contributed by atoms with E-state index in [0.717, 1.165) is 16.7 Å². The highest BCUT2D eigenvalue weighted by Crippen LogP contribution is 2.28. The van der Waals surface area contributed by atoms with E-state index in [9.17, 15) is 13.2 Å². The maximum absolute atomic E-state index is 13.3. The van der Waals surface area contributed by atoms with Crippen molar-refractivity contribution in [3.63, 3.8) is 0 Å². The van der Waals surface area contributed by atoms with Crippen LogP contribution in [0.3, 0.4) is 0 Å². The Morgan fingerprint density at radius 3 is 2.12 bits per heavy atom. The van der Waals surface area contributed by atoms with Gasteiger partial charge in [0, 0.05) is 26.2 Å². The number of nitrogens with zero attached hydrogens (tertiary/aromatic N) is 4. The minimum absolute atomic E-state index is 0.0744. The van der Waals surface area contributed by atoms with Gasteiger partial charge in [-0.1, -0.05) is 47.5 Å². The molecule has 1 aliphatic rings. The Morgan fingerprint density at radius 1 is 0.938 bits per heavy atom. The molecule has 0 atom stereocenters. The van der Waals surface area contributed by atoms with E-state index in [4.69, 9.17) is 11.6 Å². The van der Waals surface area contributed by atoms with Gasteiger partial charge in [0.2, 0.25) is 10.0 Å². The lowest BCUT2D eigenvalue weighted by Crippen LogP contribution is -2.49. The van der Waals surface area contributed by atoms with Gasteiger partial charge in [0.15, 0.2) is 0 Å². The van der Waals surface area contributed by atoms with Gasteiger partial charge in [0.25, 0.3) is 5.56 Å². The van der Waals surface area contributed by atoms with Gasteiger partial charge < -0.3 is 4.90 Å². The van der Waals surface area contributed by atoms with Gasteiger partial charge in [-0.3, -0.25) is 4.79 Å². The fraction of sp³-hybridized carbons (Fsp3) is 0.304. The first-order chi connectivity index (χ1) is 15.2. The number of halogens is 1. The van der Waals surface area contributed by atoms with Gasteiger partial charge in [0.05, 0.1) is 22.5 Å². The average Bonchev–Trinajstić information content (AvgIpc) is 2.75. The average molecular weight is 473 g/mol. The van der Waals surface area contributed by atoms with E-state index in [1.54, 1.807) is 18.3 Å². The summed E-state index contributed by atoms with van der Waals surface area (Å²) in [5.41, 5.74) is 3.28. The summed E-state index contributed by atoms with van der Waals surface area (Å²) < 4.78 is 29.4. The molecule has 1 saturated heterocycles. The lowest BCUT2D eigenvalue weighted by molar-refractivity contribution is 0.384. The number of para-hydroxylation sites is 1. The number of rotatable bonds is 4. The monoisotopic (exact) mass is 472 g/mol. The van der Waals surface area contributed by atoms with E-state index in [0.29, 0.717) is 42.4 Å². The molecule has 0 unspecified atom stereocenters. The number of sulfonamides is 1. The molecule has 3 aromatic rings. The second kappa shape index (κ2) is 8.69. The molecule has 4 rings (SSSR count). The van der Waals surface area contributed by atoms with Gasteiger partial charge in [-0.05, 0) is 44.0 Å². The molecule has 0 bridgehead atoms. The Bertz CT molecular complexity index is 1290. The zero-order valence-corrected chi connectivity index (χ0v) is 19.8. The number of benzene rings is 2. The number of anilines is 1. The fourth-order valence-corrected chi connectivity index (χ4v) is 6.35. The van der Waals surface area contributed by atoms with Crippen molar-refractivity contribution in [2.45, 2.75) is 25.7 Å². The molecule has 0 radical (unpaired) electrons. The topological polar surface area (TPSA) is 75.5 Å². The van der Waals surface area contributed by atoms with Crippen molar-refractivity contribution in [3.05, 3.63) is 80.7 Å². The van der Waals surface area contributed by atoms with E-state index >= 15 is 0 Å². The summed E-state index contributed by atoms with van der Waals surface area (Å²) in [6, 6.07) is 12.8. The van der Waals surface area contributed by atoms with Gasteiger partial charge in [0.1, 0.15) is 5.02 Å². The SMILES string of the molecule is Cc1cc(C)c(S(=O)(=O)N2CCN(c3cnn(-c4ccccc4)c(=O)c3Cl)CC2)c(C)c1. The molecule has 2 aromatic carbocycles. The third-order valence-corrected chi connectivity index (χ3v) is 8.24. The van der Waals surface area contributed by atoms with Crippen LogP contribution in [0.2, 0.25) is 5.02 Å². The lowest BCUT2D eigenvalue weighted by Gasteiger charge is -2.36. The van der Waals surface area contributed by atoms with Crippen LogP contribution < -0.4 is 10.5 Å². The predicted octanol–water partition coefficient (Wildman–Crippen LogP) is 3.32. The summed E-state index contributed by atoms with van der Waals surface area (Å²) in [5, 5.41) is 4.35. The lowest BCUT2D eigenvalue weighted by atomic mass is 10.1. The van der Waals surface area contributed by atoms with Crippen LogP contribution in [0.25, 0.3) is 5.69 Å². The largest absolute Gasteiger partial charge is 0.366 e. The van der Waals surface area contributed by atoms with Gasteiger partial charge in [-0.25, -0.2) is 8.42 Å². The van der Waals surface area contributed by atoms with Crippen LogP contribution in [0.15, 0.2) is 58.4 Å². The maximum Gasteiger partial charge on any atom is 0.292 e. The van der Waals surface area contributed by atoms with Crippen LogP contribution in [0.4, 0.5) is 5.69 Å². The molecule has 32 heavy (non-hydrogen) atoms. The van der Waals surface area contributed by atoms with Crippen molar-refractivity contribution in [1.82, 2.24) is 14.1 Å². The molecular weight excluding hydrogens is 448 g/mol. The standard InChI is InChI=1S/C23H25ClN4O3S/c1-16-13-17(2)22(18(3)14-16)32(30,31)27-11-9-26(10-12-27)20-15-25-28(23(29)21(20)24)19-7-5-4-6-8-19/h4-8,13-15H,9-12H2,1-3H3. The zero-order chi connectivity index (χ0) is 23.0. The highest BCUT2D eigenvalue weighted by Gasteiger charge is 2.32. The summed E-state index contributed by atoms with van der Waals surface area (Å²) in [6.07, 6.45) is 1.56. The number of hydrogen-bond acceptors (Lipinski definition) is 5. The molecular formula is C23H25ClN4O3S. The summed E-state index contributed by atoms with van der Waals surface area (Å²) >= 11 is 6.41. The van der Waals surface area contributed by atoms with Crippen molar-refractivity contribution < 1.29 is 8.42 Å². The summed E-state index contributed by atoms with van der Waals surface area (Å²) in [5.74, 6) is 0. The molecule has 7 nitrogen and oxygen atoms in total. The smallest absolute Gasteiger partial charge is 0.292 e. The molecule has 1 aliphatic heterocycles.